The minimum absolute atomic E-state index is 0.0793. The molecule has 1 N–H and O–H groups in total. The van der Waals surface area contributed by atoms with E-state index in [0.29, 0.717) is 11.5 Å². The number of ether oxygens (including phenoxy) is 2. The molecular weight excluding hydrogens is 525 g/mol. The Morgan fingerprint density at radius 3 is 2.50 bits per heavy atom. The van der Waals surface area contributed by atoms with Crippen LogP contribution >= 0.6 is 15.9 Å². The van der Waals surface area contributed by atoms with Gasteiger partial charge in [-0.2, -0.15) is 18.3 Å². The Bertz CT molecular complexity index is 1230. The molecule has 1 heterocycles. The molecule has 9 nitrogen and oxygen atoms in total. The second-order valence-electron chi connectivity index (χ2n) is 6.99. The highest BCUT2D eigenvalue weighted by Gasteiger charge is 2.37. The summed E-state index contributed by atoms with van der Waals surface area (Å²) in [5.41, 5.74) is -1.12. The molecule has 180 valence electrons. The quantitative estimate of drug-likeness (QED) is 0.288. The van der Waals surface area contributed by atoms with Crippen LogP contribution in [0.1, 0.15) is 17.8 Å². The summed E-state index contributed by atoms with van der Waals surface area (Å²) >= 11 is 2.87. The third kappa shape index (κ3) is 5.84. The number of nitrogens with one attached hydrogen (secondary N) is 1. The van der Waals surface area contributed by atoms with Gasteiger partial charge in [-0.15, -0.1) is 0 Å². The Balaban J connectivity index is 1.76. The lowest BCUT2D eigenvalue weighted by atomic mass is 10.2. The van der Waals surface area contributed by atoms with Crippen molar-refractivity contribution in [1.82, 2.24) is 9.78 Å². The number of hydrogen-bond donors (Lipinski definition) is 1. The molecule has 1 aromatic heterocycles. The molecule has 0 aliphatic heterocycles. The van der Waals surface area contributed by atoms with E-state index in [9.17, 15) is 28.1 Å². The number of non-ortho nitro benzene ring substituents is 1. The number of para-hydroxylation sites is 2. The average molecular weight is 543 g/mol. The first-order chi connectivity index (χ1) is 16.0. The number of alkyl halides is 3. The summed E-state index contributed by atoms with van der Waals surface area (Å²) in [6.07, 6.45) is -4.87. The minimum Gasteiger partial charge on any atom is -0.493 e. The SMILES string of the molecule is COc1ccccc1Oc1cc(NC(=O)CCn2nc(C(F)(F)F)c(Br)c2C)cc([N+](=O)[O-])c1. The summed E-state index contributed by atoms with van der Waals surface area (Å²) in [4.78, 5) is 23.1. The van der Waals surface area contributed by atoms with Gasteiger partial charge in [-0.3, -0.25) is 19.6 Å². The number of halogens is 4. The summed E-state index contributed by atoms with van der Waals surface area (Å²) in [5.74, 6) is 0.209. The van der Waals surface area contributed by atoms with Gasteiger partial charge in [0.05, 0.1) is 40.5 Å². The minimum atomic E-state index is -4.64. The average Bonchev–Trinajstić information content (AvgIpc) is 3.06. The first kappa shape index (κ1) is 25.0. The van der Waals surface area contributed by atoms with Crippen LogP contribution in [0.5, 0.6) is 17.2 Å². The van der Waals surface area contributed by atoms with Crippen LogP contribution in [0.3, 0.4) is 0 Å². The molecule has 3 rings (SSSR count). The fourth-order valence-corrected chi connectivity index (χ4v) is 3.51. The highest BCUT2D eigenvalue weighted by Crippen LogP contribution is 2.36. The maximum Gasteiger partial charge on any atom is 0.436 e. The molecule has 0 spiro atoms. The highest BCUT2D eigenvalue weighted by atomic mass is 79.9. The zero-order valence-corrected chi connectivity index (χ0v) is 19.4. The Hall–Kier alpha value is -3.61. The van der Waals surface area contributed by atoms with E-state index in [1.54, 1.807) is 24.3 Å². The van der Waals surface area contributed by atoms with Crippen molar-refractivity contribution >= 4 is 33.2 Å². The summed E-state index contributed by atoms with van der Waals surface area (Å²) in [7, 11) is 1.44. The topological polar surface area (TPSA) is 109 Å². The van der Waals surface area contributed by atoms with Gasteiger partial charge < -0.3 is 14.8 Å². The smallest absolute Gasteiger partial charge is 0.436 e. The monoisotopic (exact) mass is 542 g/mol. The van der Waals surface area contributed by atoms with Crippen molar-refractivity contribution in [2.45, 2.75) is 26.1 Å². The van der Waals surface area contributed by atoms with Gasteiger partial charge in [0.15, 0.2) is 17.2 Å². The number of rotatable bonds is 8. The Labute approximate surface area is 199 Å². The predicted molar refractivity (Wildman–Crippen MR) is 119 cm³/mol. The van der Waals surface area contributed by atoms with Crippen LogP contribution in [0, 0.1) is 17.0 Å². The van der Waals surface area contributed by atoms with Crippen LogP contribution in [0.2, 0.25) is 0 Å². The van der Waals surface area contributed by atoms with Gasteiger partial charge in [-0.25, -0.2) is 0 Å². The maximum atomic E-state index is 13.0. The van der Waals surface area contributed by atoms with Gasteiger partial charge in [0.25, 0.3) is 5.69 Å². The lowest BCUT2D eigenvalue weighted by Crippen LogP contribution is -2.16. The zero-order chi connectivity index (χ0) is 25.0. The van der Waals surface area contributed by atoms with Crippen LogP contribution in [0.4, 0.5) is 24.5 Å². The Morgan fingerprint density at radius 2 is 1.91 bits per heavy atom. The largest absolute Gasteiger partial charge is 0.493 e. The first-order valence-corrected chi connectivity index (χ1v) is 10.5. The summed E-state index contributed by atoms with van der Waals surface area (Å²) in [6, 6.07) is 10.4. The van der Waals surface area contributed by atoms with Crippen LogP contribution in [-0.2, 0) is 17.5 Å². The number of nitro groups is 1. The molecule has 3 aromatic rings. The first-order valence-electron chi connectivity index (χ1n) is 9.70. The van der Waals surface area contributed by atoms with Crippen molar-refractivity contribution in [3.63, 3.8) is 0 Å². The Morgan fingerprint density at radius 1 is 1.24 bits per heavy atom. The number of aryl methyl sites for hydroxylation is 1. The maximum absolute atomic E-state index is 13.0. The number of anilines is 1. The molecule has 0 atom stereocenters. The number of carbonyl (C=O) groups excluding carboxylic acids is 1. The van der Waals surface area contributed by atoms with Crippen LogP contribution < -0.4 is 14.8 Å². The highest BCUT2D eigenvalue weighted by molar-refractivity contribution is 9.10. The van der Waals surface area contributed by atoms with Crippen molar-refractivity contribution in [3.8, 4) is 17.2 Å². The third-order valence-corrected chi connectivity index (χ3v) is 5.58. The number of hydrogen-bond acceptors (Lipinski definition) is 6. The molecule has 0 saturated heterocycles. The zero-order valence-electron chi connectivity index (χ0n) is 17.9. The molecule has 34 heavy (non-hydrogen) atoms. The van der Waals surface area contributed by atoms with Gasteiger partial charge >= 0.3 is 6.18 Å². The van der Waals surface area contributed by atoms with E-state index < -0.39 is 22.7 Å². The Kier molecular flexibility index (Phi) is 7.44. The van der Waals surface area contributed by atoms with Crippen molar-refractivity contribution in [3.05, 3.63) is 68.4 Å². The number of nitrogens with zero attached hydrogens (tertiary/aromatic N) is 3. The standard InChI is InChI=1S/C21H18BrF3N4O5/c1-12-19(22)20(21(23,24)25)27-28(12)8-7-18(30)26-13-9-14(29(31)32)11-15(10-13)34-17-6-4-3-5-16(17)33-2/h3-6,9-11H,7-8H2,1-2H3,(H,26,30). The van der Waals surface area contributed by atoms with E-state index in [1.165, 1.54) is 26.2 Å². The second kappa shape index (κ2) is 10.1. The number of aromatic nitrogens is 2. The summed E-state index contributed by atoms with van der Waals surface area (Å²) in [6.45, 7) is 1.30. The summed E-state index contributed by atoms with van der Waals surface area (Å²) < 4.78 is 50.8. The van der Waals surface area contributed by atoms with Crippen molar-refractivity contribution in [1.29, 1.82) is 0 Å². The molecule has 0 unspecified atom stereocenters. The molecule has 1 amide bonds. The van der Waals surface area contributed by atoms with Gasteiger partial charge in [-0.1, -0.05) is 12.1 Å². The predicted octanol–water partition coefficient (Wildman–Crippen LogP) is 5.71. The van der Waals surface area contributed by atoms with Gasteiger partial charge in [-0.05, 0) is 35.0 Å². The number of carbonyl (C=O) groups is 1. The molecule has 2 aromatic carbocycles. The van der Waals surface area contributed by atoms with Gasteiger partial charge in [0.2, 0.25) is 5.91 Å². The molecule has 0 bridgehead atoms. The number of benzene rings is 2. The van der Waals surface area contributed by atoms with E-state index in [-0.39, 0.29) is 40.3 Å². The number of nitro benzene ring substituents is 1. The summed E-state index contributed by atoms with van der Waals surface area (Å²) in [5, 5.41) is 17.4. The van der Waals surface area contributed by atoms with Crippen LogP contribution in [-0.4, -0.2) is 27.7 Å². The van der Waals surface area contributed by atoms with E-state index in [0.717, 1.165) is 10.7 Å². The third-order valence-electron chi connectivity index (χ3n) is 4.64. The van der Waals surface area contributed by atoms with Gasteiger partial charge in [0.1, 0.15) is 5.75 Å². The fourth-order valence-electron chi connectivity index (χ4n) is 3.00. The molecular formula is C21H18BrF3N4O5. The molecule has 0 radical (unpaired) electrons. The second-order valence-corrected chi connectivity index (χ2v) is 7.79. The molecule has 0 fully saturated rings. The van der Waals surface area contributed by atoms with E-state index in [1.807, 2.05) is 0 Å². The number of amides is 1. The molecule has 0 aliphatic carbocycles. The lowest BCUT2D eigenvalue weighted by molar-refractivity contribution is -0.384. The molecule has 13 heteroatoms. The fraction of sp³-hybridized carbons (Fsp3) is 0.238. The van der Waals surface area contributed by atoms with E-state index >= 15 is 0 Å². The van der Waals surface area contributed by atoms with Crippen LogP contribution in [0.25, 0.3) is 0 Å². The van der Waals surface area contributed by atoms with E-state index in [2.05, 4.69) is 26.3 Å². The normalized spacial score (nSPS) is 11.2. The molecule has 0 aliphatic rings. The number of methoxy groups -OCH3 is 1. The molecule has 0 saturated carbocycles. The van der Waals surface area contributed by atoms with Crippen molar-refractivity contribution in [2.75, 3.05) is 12.4 Å². The van der Waals surface area contributed by atoms with Crippen molar-refractivity contribution < 1.29 is 32.4 Å². The van der Waals surface area contributed by atoms with Crippen LogP contribution in [0.15, 0.2) is 46.9 Å². The van der Waals surface area contributed by atoms with E-state index in [4.69, 9.17) is 9.47 Å². The van der Waals surface area contributed by atoms with Crippen molar-refractivity contribution in [2.24, 2.45) is 0 Å². The lowest BCUT2D eigenvalue weighted by Gasteiger charge is -2.12. The van der Waals surface area contributed by atoms with Gasteiger partial charge in [0, 0.05) is 18.6 Å².